The largest absolute Gasteiger partial charge is 0.240 e. The fourth-order valence-electron chi connectivity index (χ4n) is 2.89. The van der Waals surface area contributed by atoms with Crippen molar-refractivity contribution in [3.8, 4) is 0 Å². The summed E-state index contributed by atoms with van der Waals surface area (Å²) in [6.07, 6.45) is 5.58. The molecule has 122 valence electrons. The molecule has 3 rings (SSSR count). The molecule has 1 aliphatic rings. The average molecular weight is 368 g/mol. The third-order valence-corrected chi connectivity index (χ3v) is 7.06. The van der Waals surface area contributed by atoms with Gasteiger partial charge >= 0.3 is 0 Å². The van der Waals surface area contributed by atoms with Crippen molar-refractivity contribution < 1.29 is 4.21 Å². The van der Waals surface area contributed by atoms with Crippen LogP contribution in [0, 0.1) is 0 Å². The molecule has 0 aliphatic heterocycles. The molecule has 0 heterocycles. The van der Waals surface area contributed by atoms with E-state index in [1.165, 1.54) is 6.42 Å². The first-order valence-electron chi connectivity index (χ1n) is 7.85. The lowest BCUT2D eigenvalue weighted by Crippen LogP contribution is -2.14. The molecule has 0 N–H and O–H groups in total. The van der Waals surface area contributed by atoms with E-state index in [9.17, 15) is 4.21 Å². The number of hydrogen-bond acceptors (Lipinski definition) is 2. The van der Waals surface area contributed by atoms with Crippen LogP contribution in [0.1, 0.15) is 32.1 Å². The number of rotatable bonds is 3. The molecule has 2 nitrogen and oxygen atoms in total. The molecule has 0 spiro atoms. The molecule has 0 saturated heterocycles. The van der Waals surface area contributed by atoms with Gasteiger partial charge in [-0.3, -0.25) is 0 Å². The lowest BCUT2D eigenvalue weighted by Gasteiger charge is -2.20. The first-order chi connectivity index (χ1) is 11.1. The molecule has 0 amide bonds. The van der Waals surface area contributed by atoms with E-state index in [1.54, 1.807) is 24.3 Å². The highest BCUT2D eigenvalue weighted by Crippen LogP contribution is 2.30. The predicted octanol–water partition coefficient (Wildman–Crippen LogP) is 6.21. The highest BCUT2D eigenvalue weighted by molar-refractivity contribution is 7.93. The lowest BCUT2D eigenvalue weighted by atomic mass is 9.97. The smallest absolute Gasteiger partial charge is 0.104 e. The third kappa shape index (κ3) is 3.90. The summed E-state index contributed by atoms with van der Waals surface area (Å²) < 4.78 is 18.6. The molecule has 2 aromatic rings. The molecule has 1 aliphatic carbocycles. The summed E-state index contributed by atoms with van der Waals surface area (Å²) in [5.41, 5.74) is 0. The number of hydrogen-bond donors (Lipinski definition) is 0. The summed E-state index contributed by atoms with van der Waals surface area (Å²) in [5, 5.41) is 1.26. The molecule has 23 heavy (non-hydrogen) atoms. The van der Waals surface area contributed by atoms with Gasteiger partial charge in [-0.1, -0.05) is 42.5 Å². The van der Waals surface area contributed by atoms with Gasteiger partial charge in [-0.2, -0.15) is 0 Å². The summed E-state index contributed by atoms with van der Waals surface area (Å²) >= 11 is 12.0. The van der Waals surface area contributed by atoms with Gasteiger partial charge in [-0.15, -0.1) is 0 Å². The van der Waals surface area contributed by atoms with Gasteiger partial charge in [0.05, 0.1) is 15.8 Å². The van der Waals surface area contributed by atoms with Crippen molar-refractivity contribution in [2.75, 3.05) is 0 Å². The Balaban J connectivity index is 2.12. The van der Waals surface area contributed by atoms with Crippen molar-refractivity contribution in [1.82, 2.24) is 0 Å². The molecule has 1 saturated carbocycles. The van der Waals surface area contributed by atoms with Gasteiger partial charge in [-0.05, 0) is 61.4 Å². The van der Waals surface area contributed by atoms with Gasteiger partial charge in [-0.25, -0.2) is 8.57 Å². The van der Waals surface area contributed by atoms with Crippen molar-refractivity contribution in [1.29, 1.82) is 0 Å². The van der Waals surface area contributed by atoms with Gasteiger partial charge < -0.3 is 0 Å². The molecule has 0 atom stereocenters. The van der Waals surface area contributed by atoms with E-state index in [4.69, 9.17) is 27.6 Å². The van der Waals surface area contributed by atoms with Gasteiger partial charge in [0.2, 0.25) is 0 Å². The first kappa shape index (κ1) is 16.8. The first-order valence-corrected chi connectivity index (χ1v) is 10.1. The topological polar surface area (TPSA) is 29.4 Å². The normalized spacial score (nSPS) is 16.3. The van der Waals surface area contributed by atoms with E-state index in [0.29, 0.717) is 19.8 Å². The molecule has 0 bridgehead atoms. The van der Waals surface area contributed by atoms with Crippen LogP contribution >= 0.6 is 23.2 Å². The van der Waals surface area contributed by atoms with Crippen LogP contribution in [-0.4, -0.2) is 10.3 Å². The van der Waals surface area contributed by atoms with Crippen LogP contribution in [0.4, 0.5) is 0 Å². The Kier molecular flexibility index (Phi) is 5.30. The Hall–Kier alpha value is -1.03. The SMILES string of the molecule is O=S(=NC1CCCCC1)(c1ccc(Cl)cc1)c1ccc(Cl)cc1. The molecule has 5 heteroatoms. The van der Waals surface area contributed by atoms with Crippen LogP contribution in [0.15, 0.2) is 62.7 Å². The summed E-state index contributed by atoms with van der Waals surface area (Å²) in [5.74, 6) is 0. The minimum absolute atomic E-state index is 0.155. The zero-order valence-corrected chi connectivity index (χ0v) is 15.1. The minimum Gasteiger partial charge on any atom is -0.240 e. The fraction of sp³-hybridized carbons (Fsp3) is 0.333. The summed E-state index contributed by atoms with van der Waals surface area (Å²) in [7, 11) is -2.67. The van der Waals surface area contributed by atoms with E-state index < -0.39 is 9.73 Å². The molecule has 0 radical (unpaired) electrons. The molecule has 0 aromatic heterocycles. The maximum Gasteiger partial charge on any atom is 0.104 e. The highest BCUT2D eigenvalue weighted by Gasteiger charge is 2.20. The van der Waals surface area contributed by atoms with E-state index in [1.807, 2.05) is 24.3 Å². The number of benzene rings is 2. The Bertz CT molecular complexity index is 720. The maximum atomic E-state index is 13.8. The Morgan fingerprint density at radius 3 is 1.65 bits per heavy atom. The van der Waals surface area contributed by atoms with E-state index in [-0.39, 0.29) is 6.04 Å². The van der Waals surface area contributed by atoms with Crippen LogP contribution in [-0.2, 0) is 9.73 Å². The summed E-state index contributed by atoms with van der Waals surface area (Å²) in [4.78, 5) is 1.41. The minimum atomic E-state index is -2.67. The highest BCUT2D eigenvalue weighted by atomic mass is 35.5. The molecule has 0 unspecified atom stereocenters. The Morgan fingerprint density at radius 2 is 1.22 bits per heavy atom. The molecule has 2 aromatic carbocycles. The quantitative estimate of drug-likeness (QED) is 0.633. The van der Waals surface area contributed by atoms with Crippen LogP contribution in [0.3, 0.4) is 0 Å². The number of halogens is 2. The fourth-order valence-corrected chi connectivity index (χ4v) is 5.30. The second-order valence-electron chi connectivity index (χ2n) is 5.83. The summed E-state index contributed by atoms with van der Waals surface area (Å²) in [6.45, 7) is 0. The van der Waals surface area contributed by atoms with E-state index in [2.05, 4.69) is 0 Å². The van der Waals surface area contributed by atoms with E-state index in [0.717, 1.165) is 25.7 Å². The van der Waals surface area contributed by atoms with Gasteiger partial charge in [0.15, 0.2) is 0 Å². The van der Waals surface area contributed by atoms with Crippen molar-refractivity contribution in [3.63, 3.8) is 0 Å². The molecule has 1 fully saturated rings. The lowest BCUT2D eigenvalue weighted by molar-refractivity contribution is 0.444. The van der Waals surface area contributed by atoms with Crippen molar-refractivity contribution in [3.05, 3.63) is 58.6 Å². The second kappa shape index (κ2) is 7.25. The van der Waals surface area contributed by atoms with Gasteiger partial charge in [0, 0.05) is 10.0 Å². The van der Waals surface area contributed by atoms with Gasteiger partial charge in [0.25, 0.3) is 0 Å². The number of nitrogens with zero attached hydrogens (tertiary/aromatic N) is 1. The van der Waals surface area contributed by atoms with E-state index >= 15 is 0 Å². The standard InChI is InChI=1S/C18H19Cl2NOS/c19-14-6-10-17(11-7-14)23(22,18-12-8-15(20)9-13-18)21-16-4-2-1-3-5-16/h6-13,16H,1-5H2. The van der Waals surface area contributed by atoms with Crippen LogP contribution in [0.5, 0.6) is 0 Å². The summed E-state index contributed by atoms with van der Waals surface area (Å²) in [6, 6.07) is 14.5. The molecular weight excluding hydrogens is 349 g/mol. The van der Waals surface area contributed by atoms with Gasteiger partial charge in [0.1, 0.15) is 9.73 Å². The average Bonchev–Trinajstić information content (AvgIpc) is 2.57. The van der Waals surface area contributed by atoms with Crippen molar-refractivity contribution in [2.45, 2.75) is 47.9 Å². The Morgan fingerprint density at radius 1 is 0.783 bits per heavy atom. The second-order valence-corrected chi connectivity index (χ2v) is 8.91. The predicted molar refractivity (Wildman–Crippen MR) is 96.9 cm³/mol. The molecular formula is C18H19Cl2NOS. The third-order valence-electron chi connectivity index (χ3n) is 4.14. The maximum absolute atomic E-state index is 13.8. The van der Waals surface area contributed by atoms with Crippen LogP contribution < -0.4 is 0 Å². The zero-order chi connectivity index (χ0) is 16.3. The van der Waals surface area contributed by atoms with Crippen LogP contribution in [0.25, 0.3) is 0 Å². The van der Waals surface area contributed by atoms with Crippen molar-refractivity contribution in [2.24, 2.45) is 4.36 Å². The van der Waals surface area contributed by atoms with Crippen molar-refractivity contribution >= 4 is 32.9 Å². The zero-order valence-electron chi connectivity index (χ0n) is 12.8. The monoisotopic (exact) mass is 367 g/mol. The Labute approximate surface area is 148 Å². The van der Waals surface area contributed by atoms with Crippen LogP contribution in [0.2, 0.25) is 10.0 Å².